The van der Waals surface area contributed by atoms with Gasteiger partial charge in [-0.05, 0) is 114 Å². The third-order valence-electron chi connectivity index (χ3n) is 19.0. The molecule has 0 bridgehead atoms. The number of esters is 4. The van der Waals surface area contributed by atoms with Gasteiger partial charge in [0.15, 0.2) is 69.4 Å². The van der Waals surface area contributed by atoms with Gasteiger partial charge in [0, 0.05) is 128 Å². The molecule has 137 heavy (non-hydrogen) atoms. The Bertz CT molecular complexity index is 3770. The molecular formula is C89H136N12O36. The number of carbonyl (C=O) groups excluding carboxylic acids is 28. The number of carbonyl (C=O) groups is 28. The van der Waals surface area contributed by atoms with Gasteiger partial charge in [-0.2, -0.15) is 0 Å². The van der Waals surface area contributed by atoms with Crippen LogP contribution in [-0.2, 0) is 153 Å². The van der Waals surface area contributed by atoms with Crippen molar-refractivity contribution in [3.8, 4) is 0 Å². The van der Waals surface area contributed by atoms with Gasteiger partial charge in [-0.25, -0.2) is 19.2 Å². The van der Waals surface area contributed by atoms with Crippen molar-refractivity contribution >= 4 is 165 Å². The zero-order valence-corrected chi connectivity index (χ0v) is 81.3. The molecular weight excluding hydrogens is 1810 g/mol. The molecule has 0 aromatic rings. The molecule has 0 radical (unpaired) electrons. The van der Waals surface area contributed by atoms with Crippen molar-refractivity contribution in [2.45, 2.75) is 260 Å². The zero-order valence-electron chi connectivity index (χ0n) is 81.3. The summed E-state index contributed by atoms with van der Waals surface area (Å²) in [5.41, 5.74) is -5.03. The lowest BCUT2D eigenvalue weighted by atomic mass is 9.70. The van der Waals surface area contributed by atoms with Gasteiger partial charge in [-0.15, -0.1) is 0 Å². The van der Waals surface area contributed by atoms with Crippen molar-refractivity contribution in [3.63, 3.8) is 0 Å². The maximum Gasteiger partial charge on any atom is 0.408 e. The molecule has 0 spiro atoms. The first-order valence-electron chi connectivity index (χ1n) is 44.2. The number of alkyl carbamates (subject to hydrolysis) is 4. The van der Waals surface area contributed by atoms with Gasteiger partial charge in [0.25, 0.3) is 0 Å². The number of hydrogen-bond acceptors (Lipinski definition) is 36. The Hall–Kier alpha value is -13.2. The van der Waals surface area contributed by atoms with Crippen LogP contribution < -0.4 is 42.5 Å². The van der Waals surface area contributed by atoms with Crippen molar-refractivity contribution in [3.05, 3.63) is 0 Å². The molecule has 12 amide bonds. The molecule has 0 aromatic heterocycles. The molecule has 0 saturated carbocycles. The van der Waals surface area contributed by atoms with Crippen LogP contribution in [0.2, 0.25) is 0 Å². The van der Waals surface area contributed by atoms with Gasteiger partial charge in [0.1, 0.15) is 48.6 Å². The first-order chi connectivity index (χ1) is 63.7. The fraction of sp³-hybridized carbons (Fsp3) is 0.685. The van der Waals surface area contributed by atoms with Crippen LogP contribution in [0.1, 0.15) is 237 Å². The second-order valence-electron chi connectivity index (χ2n) is 35.8. The van der Waals surface area contributed by atoms with E-state index in [1.54, 1.807) is 83.1 Å². The molecule has 0 aliphatic rings. The lowest BCUT2D eigenvalue weighted by Crippen LogP contribution is -2.40. The molecule has 0 heterocycles. The molecule has 0 aromatic carbocycles. The van der Waals surface area contributed by atoms with E-state index in [1.807, 2.05) is 0 Å². The summed E-state index contributed by atoms with van der Waals surface area (Å²) < 4.78 is 39.0. The second kappa shape index (κ2) is 63.9. The number of Topliss-reactive ketones (excluding diaryl/α,β-unsaturated/α-hetero) is 12. The van der Waals surface area contributed by atoms with Gasteiger partial charge in [0.05, 0.1) is 107 Å². The third-order valence-corrected chi connectivity index (χ3v) is 19.0. The number of nitrogens with one attached hydrogen (secondary N) is 8. The van der Waals surface area contributed by atoms with Crippen LogP contribution in [0.5, 0.6) is 0 Å². The van der Waals surface area contributed by atoms with Crippen LogP contribution in [0.4, 0.5) is 19.2 Å². The minimum absolute atomic E-state index is 0.313. The zero-order chi connectivity index (χ0) is 105. The minimum atomic E-state index is -1.48. The van der Waals surface area contributed by atoms with Crippen molar-refractivity contribution in [1.82, 2.24) is 62.1 Å². The number of methoxy groups -OCH3 is 4. The Kier molecular flexibility index (Phi) is 57.7. The first kappa shape index (κ1) is 124. The molecule has 0 fully saturated rings. The molecule has 0 unspecified atom stereocenters. The van der Waals surface area contributed by atoms with Crippen molar-refractivity contribution in [2.24, 2.45) is 5.41 Å². The summed E-state index contributed by atoms with van der Waals surface area (Å²) in [6, 6.07) is 0. The molecule has 48 nitrogen and oxygen atoms in total. The Morgan fingerprint density at radius 1 is 0.190 bits per heavy atom. The van der Waals surface area contributed by atoms with Crippen molar-refractivity contribution in [2.75, 3.05) is 133 Å². The highest BCUT2D eigenvalue weighted by Gasteiger charge is 2.35. The molecule has 0 atom stereocenters. The fourth-order valence-corrected chi connectivity index (χ4v) is 11.8. The number of rotatable bonds is 68. The lowest BCUT2D eigenvalue weighted by Gasteiger charge is -2.34. The molecule has 0 saturated heterocycles. The quantitative estimate of drug-likeness (QED) is 0.0307. The van der Waals surface area contributed by atoms with Gasteiger partial charge in [-0.3, -0.25) is 115 Å². The molecule has 0 rings (SSSR count). The van der Waals surface area contributed by atoms with Crippen molar-refractivity contribution in [1.29, 1.82) is 0 Å². The van der Waals surface area contributed by atoms with Gasteiger partial charge >= 0.3 is 48.3 Å². The number of hydrogen-bond donors (Lipinski definition) is 8. The van der Waals surface area contributed by atoms with Gasteiger partial charge in [-0.1, -0.05) is 0 Å². The average molecular weight is 1950 g/mol. The normalized spacial score (nSPS) is 11.2. The lowest BCUT2D eigenvalue weighted by molar-refractivity contribution is -0.148. The van der Waals surface area contributed by atoms with E-state index < -0.39 is 426 Å². The van der Waals surface area contributed by atoms with Crippen LogP contribution in [-0.4, -0.2) is 340 Å². The summed E-state index contributed by atoms with van der Waals surface area (Å²) in [4.78, 5) is 367. The van der Waals surface area contributed by atoms with Crippen LogP contribution in [0.15, 0.2) is 0 Å². The van der Waals surface area contributed by atoms with Crippen LogP contribution in [0.25, 0.3) is 0 Å². The Labute approximate surface area is 794 Å². The predicted molar refractivity (Wildman–Crippen MR) is 477 cm³/mol. The largest absolute Gasteiger partial charge is 0.468 e. The summed E-state index contributed by atoms with van der Waals surface area (Å²) in [6.45, 7) is 8.14. The minimum Gasteiger partial charge on any atom is -0.468 e. The smallest absolute Gasteiger partial charge is 0.408 e. The van der Waals surface area contributed by atoms with Crippen LogP contribution >= 0.6 is 0 Å². The van der Waals surface area contributed by atoms with E-state index >= 15 is 0 Å². The standard InChI is InChI=1S/C89H136N12O36/c1-85(2,3)134-81(126)94-45-57(102)21-29-73(118)98(53-77(122)130-13)49-65(110)17-25-69(114)90-41-61(106)33-37-89(38-34-62(107)42-91-70(115)26-18-66(111)50-99(54-78(123)131-14)74(119)30-22-58(103)46-95-82(127)135-86(4,5)6,39-35-63(108)43-92-71(116)27-19-67(112)51-100(55-79(124)132-15)75(120)31-23-59(104)47-96-83(128)136-87(7,8)9)40-36-64(109)44-93-72(117)28-20-68(113)52-101(56-80(125)133-16)76(121)32-24-60(105)48-97-84(129)137-88(10,11)12/h17-56H2,1-16H3,(H,90,114)(H,91,115)(H,92,116)(H,93,117)(H,94,126)(H,95,127)(H,96,128)(H,97,129). The van der Waals surface area contributed by atoms with Crippen LogP contribution in [0.3, 0.4) is 0 Å². The fourth-order valence-electron chi connectivity index (χ4n) is 11.8. The summed E-state index contributed by atoms with van der Waals surface area (Å²) in [6.07, 6.45) is -15.4. The summed E-state index contributed by atoms with van der Waals surface area (Å²) in [5, 5.41) is 18.5. The summed E-state index contributed by atoms with van der Waals surface area (Å²) >= 11 is 0. The monoisotopic (exact) mass is 1950 g/mol. The van der Waals surface area contributed by atoms with E-state index in [4.69, 9.17) is 18.9 Å². The van der Waals surface area contributed by atoms with Gasteiger partial charge < -0.3 is 100 Å². The second-order valence-corrected chi connectivity index (χ2v) is 35.8. The molecule has 0 aliphatic carbocycles. The number of nitrogens with zero attached hydrogens (tertiary/aromatic N) is 4. The molecule has 0 aliphatic heterocycles. The third kappa shape index (κ3) is 64.4. The van der Waals surface area contributed by atoms with E-state index in [-0.39, 0.29) is 25.7 Å². The van der Waals surface area contributed by atoms with Crippen LogP contribution in [0, 0.1) is 5.41 Å². The summed E-state index contributed by atoms with van der Waals surface area (Å²) in [7, 11) is 4.03. The van der Waals surface area contributed by atoms with Gasteiger partial charge in [0.2, 0.25) is 47.3 Å². The maximum atomic E-state index is 14.0. The average Bonchev–Trinajstić information content (AvgIpc) is 0.846. The van der Waals surface area contributed by atoms with E-state index in [2.05, 4.69) is 61.5 Å². The Morgan fingerprint density at radius 2 is 0.343 bits per heavy atom. The highest BCUT2D eigenvalue weighted by Crippen LogP contribution is 2.40. The topological polar surface area (TPSA) is 661 Å². The highest BCUT2D eigenvalue weighted by molar-refractivity contribution is 5.99. The first-order valence-corrected chi connectivity index (χ1v) is 44.2. The van der Waals surface area contributed by atoms with E-state index in [0.717, 1.165) is 48.0 Å². The molecule has 48 heteroatoms. The van der Waals surface area contributed by atoms with E-state index in [9.17, 15) is 134 Å². The SMILES string of the molecule is COC(=O)CN(CC(=O)CCC(=O)NCC(=O)CCC(CCC(=O)CNC(=O)CCC(=O)CN(CC(=O)OC)C(=O)CCC(=O)CNC(=O)OC(C)(C)C)(CCC(=O)CNC(=O)CCC(=O)CN(CC(=O)OC)C(=O)CCC(=O)CNC(=O)OC(C)(C)C)CCC(=O)CNC(=O)CCC(=O)CN(CC(=O)OC)C(=O)CCC(=O)CNC(=O)OC(C)(C)C)C(=O)CCC(=O)CNC(=O)OC(C)(C)C. The molecule has 8 N–H and O–H groups in total. The number of ether oxygens (including phenoxy) is 8. The maximum absolute atomic E-state index is 14.0. The molecule has 768 valence electrons. The highest BCUT2D eigenvalue weighted by atomic mass is 16.6. The van der Waals surface area contributed by atoms with E-state index in [0.29, 0.717) is 0 Å². The predicted octanol–water partition coefficient (Wildman–Crippen LogP) is 0.734. The Morgan fingerprint density at radius 3 is 0.504 bits per heavy atom. The Balaban J connectivity index is 7.34. The number of ketones is 12. The number of amides is 12. The summed E-state index contributed by atoms with van der Waals surface area (Å²) in [5.74, 6) is -19.1. The van der Waals surface area contributed by atoms with Crippen molar-refractivity contribution < 1.29 is 172 Å². The van der Waals surface area contributed by atoms with E-state index in [1.165, 1.54) is 0 Å².